The van der Waals surface area contributed by atoms with Gasteiger partial charge in [0.05, 0.1) is 8.95 Å². The first-order valence-electron chi connectivity index (χ1n) is 17.0. The Morgan fingerprint density at radius 2 is 0.673 bits per heavy atom. The molecule has 0 aromatic heterocycles. The van der Waals surface area contributed by atoms with Gasteiger partial charge in [-0.15, -0.1) is 0 Å². The summed E-state index contributed by atoms with van der Waals surface area (Å²) in [6, 6.07) is 16.2. The van der Waals surface area contributed by atoms with E-state index in [4.69, 9.17) is 0 Å². The second-order valence-corrected chi connectivity index (χ2v) is 19.5. The first-order valence-corrected chi connectivity index (χ1v) is 18.6. The summed E-state index contributed by atoms with van der Waals surface area (Å²) >= 11 is 7.11. The zero-order valence-electron chi connectivity index (χ0n) is 31.3. The fourth-order valence-electron chi connectivity index (χ4n) is 6.23. The molecule has 0 unspecified atom stereocenters. The summed E-state index contributed by atoms with van der Waals surface area (Å²) < 4.78 is 1.27. The van der Waals surface area contributed by atoms with Crippen LogP contribution in [0.3, 0.4) is 0 Å². The number of benzene rings is 4. The van der Waals surface area contributed by atoms with Gasteiger partial charge in [0.1, 0.15) is 23.0 Å². The first-order chi connectivity index (χ1) is 22.3. The van der Waals surface area contributed by atoms with Crippen molar-refractivity contribution in [1.82, 2.24) is 0 Å². The maximum atomic E-state index is 11.9. The van der Waals surface area contributed by atoms with Crippen LogP contribution < -0.4 is 0 Å². The molecule has 4 rings (SSSR count). The second kappa shape index (κ2) is 13.6. The molecule has 6 heteroatoms. The maximum absolute atomic E-state index is 11.9. The lowest BCUT2D eigenvalue weighted by atomic mass is 9.80. The van der Waals surface area contributed by atoms with Crippen LogP contribution in [0.25, 0.3) is 0 Å². The molecule has 4 aromatic rings. The average molecular weight is 795 g/mol. The van der Waals surface area contributed by atoms with Crippen LogP contribution in [0.4, 0.5) is 0 Å². The topological polar surface area (TPSA) is 80.9 Å². The molecule has 0 aliphatic rings. The van der Waals surface area contributed by atoms with Crippen molar-refractivity contribution in [3.8, 4) is 23.0 Å². The number of hydrogen-bond donors (Lipinski definition) is 4. The molecule has 0 aliphatic heterocycles. The number of halogens is 2. The van der Waals surface area contributed by atoms with Crippen LogP contribution in [0.15, 0.2) is 57.5 Å². The summed E-state index contributed by atoms with van der Waals surface area (Å²) in [7, 11) is 0. The Labute approximate surface area is 310 Å². The summed E-state index contributed by atoms with van der Waals surface area (Å²) in [5.74, 6) is 0.913. The van der Waals surface area contributed by atoms with Gasteiger partial charge in [-0.3, -0.25) is 0 Å². The van der Waals surface area contributed by atoms with E-state index >= 15 is 0 Å². The highest BCUT2D eigenvalue weighted by Gasteiger charge is 2.26. The zero-order valence-corrected chi connectivity index (χ0v) is 34.5. The fourth-order valence-corrected chi connectivity index (χ4v) is 7.24. The van der Waals surface area contributed by atoms with Crippen LogP contribution in [0.1, 0.15) is 139 Å². The molecule has 4 N–H and O–H groups in total. The molecule has 0 saturated carbocycles. The lowest BCUT2D eigenvalue weighted by Crippen LogP contribution is -2.14. The van der Waals surface area contributed by atoms with Crippen LogP contribution in [0.2, 0.25) is 0 Å². The first kappa shape index (κ1) is 38.8. The lowest BCUT2D eigenvalue weighted by molar-refractivity contribution is 0.442. The van der Waals surface area contributed by atoms with Crippen molar-refractivity contribution < 1.29 is 20.4 Å². The highest BCUT2D eigenvalue weighted by molar-refractivity contribution is 9.10. The number of phenols is 4. The largest absolute Gasteiger partial charge is 0.507 e. The van der Waals surface area contributed by atoms with E-state index in [-0.39, 0.29) is 44.7 Å². The van der Waals surface area contributed by atoms with Crippen molar-refractivity contribution in [3.63, 3.8) is 0 Å². The Balaban J connectivity index is 1.86. The van der Waals surface area contributed by atoms with E-state index in [1.807, 2.05) is 24.3 Å². The van der Waals surface area contributed by atoms with Gasteiger partial charge in [-0.2, -0.15) is 0 Å². The van der Waals surface area contributed by atoms with Crippen molar-refractivity contribution in [2.24, 2.45) is 0 Å². The highest BCUT2D eigenvalue weighted by atomic mass is 79.9. The molecule has 0 heterocycles. The van der Waals surface area contributed by atoms with Crippen LogP contribution in [0, 0.1) is 0 Å². The van der Waals surface area contributed by atoms with Gasteiger partial charge >= 0.3 is 0 Å². The Kier molecular flexibility index (Phi) is 10.8. The molecule has 0 bridgehead atoms. The van der Waals surface area contributed by atoms with Gasteiger partial charge in [-0.25, -0.2) is 0 Å². The predicted molar refractivity (Wildman–Crippen MR) is 211 cm³/mol. The van der Waals surface area contributed by atoms with Gasteiger partial charge in [0.25, 0.3) is 0 Å². The van der Waals surface area contributed by atoms with Gasteiger partial charge in [0.2, 0.25) is 0 Å². The average Bonchev–Trinajstić information content (AvgIpc) is 2.94. The van der Waals surface area contributed by atoms with E-state index in [2.05, 4.69) is 139 Å². The van der Waals surface area contributed by atoms with Gasteiger partial charge in [-0.1, -0.05) is 119 Å². The second-order valence-electron chi connectivity index (χ2n) is 17.8. The smallest absolute Gasteiger partial charge is 0.133 e. The third-order valence-corrected chi connectivity index (χ3v) is 10.5. The van der Waals surface area contributed by atoms with Crippen molar-refractivity contribution in [2.75, 3.05) is 0 Å². The zero-order chi connectivity index (χ0) is 37.0. The molecule has 0 aliphatic carbocycles. The Hall–Kier alpha value is -2.96. The van der Waals surface area contributed by atoms with E-state index in [1.54, 1.807) is 0 Å². The molecule has 0 fully saturated rings. The minimum Gasteiger partial charge on any atom is -0.507 e. The molecule has 0 atom stereocenters. The minimum absolute atomic E-state index is 0.180. The Bertz CT molecular complexity index is 1740. The lowest BCUT2D eigenvalue weighted by Gasteiger charge is -2.25. The summed E-state index contributed by atoms with van der Waals surface area (Å²) in [6.07, 6.45) is 1.32. The SMILES string of the molecule is CC(C)(C)c1cc(Cc2cc(Br)c(O)c(C(C)(C)C)c2)c(O)c(Cc2cc(C(C)(C)C)cc(Cc3cc(Br)c(O)c(C(C)(C)C)c3)c2O)c1. The minimum atomic E-state index is -0.263. The van der Waals surface area contributed by atoms with Crippen molar-refractivity contribution in [2.45, 2.75) is 124 Å². The molecule has 0 radical (unpaired) electrons. The molecule has 0 saturated heterocycles. The summed E-state index contributed by atoms with van der Waals surface area (Å²) in [6.45, 7) is 25.4. The standard InChI is InChI=1S/C43H54Br2O4/c1-40(2,3)30-20-26(13-24-15-32(42(7,8)9)38(48)34(44)17-24)36(46)28(22-30)19-29-23-31(41(4,5)6)21-27(37(29)47)14-25-16-33(43(10,11)12)39(49)35(45)18-25/h15-18,20-23,46-49H,13-14,19H2,1-12H3. The normalized spacial score (nSPS) is 12.9. The Morgan fingerprint density at radius 1 is 0.388 bits per heavy atom. The van der Waals surface area contributed by atoms with Crippen LogP contribution in [-0.2, 0) is 40.9 Å². The molecular formula is C43H54Br2O4. The van der Waals surface area contributed by atoms with Crippen LogP contribution >= 0.6 is 31.9 Å². The van der Waals surface area contributed by atoms with E-state index < -0.39 is 0 Å². The third kappa shape index (κ3) is 8.86. The summed E-state index contributed by atoms with van der Waals surface area (Å²) in [4.78, 5) is 0. The van der Waals surface area contributed by atoms with E-state index in [0.717, 1.165) is 55.6 Å². The summed E-state index contributed by atoms with van der Waals surface area (Å²) in [5.41, 5.74) is 8.07. The third-order valence-electron chi connectivity index (χ3n) is 9.30. The number of hydrogen-bond acceptors (Lipinski definition) is 4. The van der Waals surface area contributed by atoms with Crippen molar-refractivity contribution >= 4 is 31.9 Å². The molecular weight excluding hydrogens is 740 g/mol. The monoisotopic (exact) mass is 792 g/mol. The molecule has 0 amide bonds. The van der Waals surface area contributed by atoms with E-state index in [9.17, 15) is 20.4 Å². The fraction of sp³-hybridized carbons (Fsp3) is 0.442. The van der Waals surface area contributed by atoms with Gasteiger partial charge in [0.15, 0.2) is 0 Å². The van der Waals surface area contributed by atoms with Gasteiger partial charge in [0, 0.05) is 30.4 Å². The summed E-state index contributed by atoms with van der Waals surface area (Å²) in [5, 5.41) is 45.3. The molecule has 49 heavy (non-hydrogen) atoms. The quantitative estimate of drug-likeness (QED) is 0.157. The van der Waals surface area contributed by atoms with E-state index in [1.165, 1.54) is 0 Å². The van der Waals surface area contributed by atoms with Crippen LogP contribution in [-0.4, -0.2) is 20.4 Å². The van der Waals surface area contributed by atoms with Gasteiger partial charge < -0.3 is 20.4 Å². The van der Waals surface area contributed by atoms with Crippen molar-refractivity contribution in [1.29, 1.82) is 0 Å². The molecule has 264 valence electrons. The highest BCUT2D eigenvalue weighted by Crippen LogP contribution is 2.42. The number of rotatable bonds is 6. The number of aromatic hydroxyl groups is 4. The van der Waals surface area contributed by atoms with Crippen LogP contribution in [0.5, 0.6) is 23.0 Å². The molecule has 4 nitrogen and oxygen atoms in total. The predicted octanol–water partition coefficient (Wildman–Crippen LogP) is 12.0. The maximum Gasteiger partial charge on any atom is 0.133 e. The molecule has 0 spiro atoms. The van der Waals surface area contributed by atoms with E-state index in [0.29, 0.717) is 28.2 Å². The number of phenolic OH excluding ortho intramolecular Hbond substituents is 4. The Morgan fingerprint density at radius 3 is 0.939 bits per heavy atom. The van der Waals surface area contributed by atoms with Crippen molar-refractivity contribution in [3.05, 3.63) is 113 Å². The molecule has 4 aromatic carbocycles. The van der Waals surface area contributed by atoms with Gasteiger partial charge in [-0.05, 0) is 110 Å².